The molecule has 1 unspecified atom stereocenters. The van der Waals surface area contributed by atoms with E-state index in [-0.39, 0.29) is 5.91 Å². The molecule has 1 heterocycles. The Bertz CT molecular complexity index is 457. The first kappa shape index (κ1) is 12.3. The van der Waals surface area contributed by atoms with Crippen LogP contribution in [-0.4, -0.2) is 10.9 Å². The molecule has 1 aromatic heterocycles. The molecule has 1 amide bonds. The summed E-state index contributed by atoms with van der Waals surface area (Å²) in [5.41, 5.74) is 1.62. The molecule has 0 saturated carbocycles. The molecule has 0 aliphatic heterocycles. The van der Waals surface area contributed by atoms with Gasteiger partial charge in [0.05, 0.1) is 11.4 Å². The van der Waals surface area contributed by atoms with Crippen LogP contribution in [0.5, 0.6) is 0 Å². The molecule has 1 N–H and O–H groups in total. The highest BCUT2D eigenvalue weighted by Gasteiger charge is 2.14. The molecule has 2 rings (SSSR count). The number of nitrogens with zero attached hydrogens (tertiary/aromatic N) is 1. The van der Waals surface area contributed by atoms with E-state index in [2.05, 4.69) is 38.4 Å². The predicted molar refractivity (Wildman–Crippen MR) is 71.8 cm³/mol. The summed E-state index contributed by atoms with van der Waals surface area (Å²) >= 11 is 3.30. The number of aromatic nitrogens is 1. The molecule has 0 saturated heterocycles. The lowest BCUT2D eigenvalue weighted by molar-refractivity contribution is -0.116. The van der Waals surface area contributed by atoms with Gasteiger partial charge in [0.1, 0.15) is 4.60 Å². The molecule has 0 fully saturated rings. The second kappa shape index (κ2) is 5.45. The van der Waals surface area contributed by atoms with Crippen molar-refractivity contribution in [2.24, 2.45) is 5.92 Å². The minimum atomic E-state index is 0.0637. The van der Waals surface area contributed by atoms with E-state index in [1.807, 2.05) is 19.1 Å². The summed E-state index contributed by atoms with van der Waals surface area (Å²) in [6, 6.07) is 3.70. The molecule has 1 aliphatic carbocycles. The number of pyridine rings is 1. The molecule has 0 radical (unpaired) electrons. The van der Waals surface area contributed by atoms with Crippen molar-refractivity contribution >= 4 is 27.5 Å². The fourth-order valence-corrected chi connectivity index (χ4v) is 2.37. The number of halogens is 1. The van der Waals surface area contributed by atoms with Gasteiger partial charge in [-0.2, -0.15) is 0 Å². The first-order valence-corrected chi connectivity index (χ1v) is 6.54. The number of aryl methyl sites for hydroxylation is 1. The molecule has 0 bridgehead atoms. The van der Waals surface area contributed by atoms with E-state index in [4.69, 9.17) is 0 Å². The van der Waals surface area contributed by atoms with Gasteiger partial charge in [0.2, 0.25) is 5.91 Å². The number of nitrogens with one attached hydrogen (secondary N) is 1. The van der Waals surface area contributed by atoms with Crippen LogP contribution in [0.15, 0.2) is 28.9 Å². The topological polar surface area (TPSA) is 42.0 Å². The van der Waals surface area contributed by atoms with Gasteiger partial charge in [-0.05, 0) is 53.7 Å². The van der Waals surface area contributed by atoms with Crippen molar-refractivity contribution in [1.82, 2.24) is 4.98 Å². The van der Waals surface area contributed by atoms with Crippen LogP contribution in [-0.2, 0) is 4.79 Å². The molecule has 90 valence electrons. The van der Waals surface area contributed by atoms with Gasteiger partial charge in [-0.15, -0.1) is 0 Å². The maximum Gasteiger partial charge on any atom is 0.225 e. The summed E-state index contributed by atoms with van der Waals surface area (Å²) in [5.74, 6) is 0.465. The number of allylic oxidation sites excluding steroid dienone is 2. The molecule has 3 nitrogen and oxygen atoms in total. The minimum Gasteiger partial charge on any atom is -0.324 e. The number of hydrogen-bond donors (Lipinski definition) is 1. The van der Waals surface area contributed by atoms with Crippen molar-refractivity contribution in [2.45, 2.75) is 26.2 Å². The second-order valence-electron chi connectivity index (χ2n) is 4.28. The van der Waals surface area contributed by atoms with E-state index in [0.717, 1.165) is 28.8 Å². The fraction of sp³-hybridized carbons (Fsp3) is 0.385. The first-order chi connectivity index (χ1) is 8.15. The lowest BCUT2D eigenvalue weighted by Gasteiger charge is -2.10. The van der Waals surface area contributed by atoms with E-state index in [1.54, 1.807) is 0 Å². The lowest BCUT2D eigenvalue weighted by Crippen LogP contribution is -2.15. The zero-order chi connectivity index (χ0) is 12.3. The van der Waals surface area contributed by atoms with E-state index in [1.165, 1.54) is 0 Å². The molecule has 1 aromatic rings. The normalized spacial score (nSPS) is 18.4. The van der Waals surface area contributed by atoms with Crippen LogP contribution in [0.3, 0.4) is 0 Å². The summed E-state index contributed by atoms with van der Waals surface area (Å²) in [5, 5.41) is 2.91. The van der Waals surface area contributed by atoms with Crippen LogP contribution in [0.1, 0.15) is 25.0 Å². The summed E-state index contributed by atoms with van der Waals surface area (Å²) < 4.78 is 0.784. The van der Waals surface area contributed by atoms with Gasteiger partial charge in [0.25, 0.3) is 0 Å². The third-order valence-electron chi connectivity index (χ3n) is 2.89. The molecule has 1 atom stereocenters. The van der Waals surface area contributed by atoms with E-state index >= 15 is 0 Å². The van der Waals surface area contributed by atoms with Crippen molar-refractivity contribution in [3.05, 3.63) is 34.6 Å². The Morgan fingerprint density at radius 1 is 1.59 bits per heavy atom. The Morgan fingerprint density at radius 3 is 3.06 bits per heavy atom. The minimum absolute atomic E-state index is 0.0637. The third-order valence-corrected chi connectivity index (χ3v) is 3.33. The van der Waals surface area contributed by atoms with Gasteiger partial charge in [-0.25, -0.2) is 4.98 Å². The number of anilines is 1. The second-order valence-corrected chi connectivity index (χ2v) is 5.10. The molecule has 0 aromatic carbocycles. The van der Waals surface area contributed by atoms with Crippen molar-refractivity contribution in [3.63, 3.8) is 0 Å². The van der Waals surface area contributed by atoms with Crippen molar-refractivity contribution in [1.29, 1.82) is 0 Å². The monoisotopic (exact) mass is 294 g/mol. The van der Waals surface area contributed by atoms with E-state index in [0.29, 0.717) is 12.3 Å². The van der Waals surface area contributed by atoms with Crippen molar-refractivity contribution in [3.8, 4) is 0 Å². The molecule has 1 aliphatic rings. The molecule has 4 heteroatoms. The highest BCUT2D eigenvalue weighted by molar-refractivity contribution is 9.10. The Labute approximate surface area is 109 Å². The summed E-state index contributed by atoms with van der Waals surface area (Å²) in [4.78, 5) is 16.1. The Kier molecular flexibility index (Phi) is 3.94. The zero-order valence-corrected chi connectivity index (χ0v) is 11.3. The third kappa shape index (κ3) is 3.40. The smallest absolute Gasteiger partial charge is 0.225 e. The number of amides is 1. The zero-order valence-electron chi connectivity index (χ0n) is 9.74. The molecular weight excluding hydrogens is 280 g/mol. The Hall–Kier alpha value is -1.16. The van der Waals surface area contributed by atoms with Gasteiger partial charge < -0.3 is 5.32 Å². The highest BCUT2D eigenvalue weighted by atomic mass is 79.9. The van der Waals surface area contributed by atoms with Crippen molar-refractivity contribution < 1.29 is 4.79 Å². The quantitative estimate of drug-likeness (QED) is 0.685. The van der Waals surface area contributed by atoms with Crippen LogP contribution in [0.2, 0.25) is 0 Å². The van der Waals surface area contributed by atoms with Gasteiger partial charge in [0.15, 0.2) is 0 Å². The van der Waals surface area contributed by atoms with Crippen LogP contribution >= 0.6 is 15.9 Å². The summed E-state index contributed by atoms with van der Waals surface area (Å²) in [7, 11) is 0. The van der Waals surface area contributed by atoms with Crippen LogP contribution in [0.25, 0.3) is 0 Å². The molecule has 17 heavy (non-hydrogen) atoms. The van der Waals surface area contributed by atoms with Crippen LogP contribution in [0.4, 0.5) is 5.69 Å². The number of carbonyl (C=O) groups is 1. The lowest BCUT2D eigenvalue weighted by atomic mass is 10.1. The fourth-order valence-electron chi connectivity index (χ4n) is 1.97. The van der Waals surface area contributed by atoms with Gasteiger partial charge in [-0.3, -0.25) is 4.79 Å². The first-order valence-electron chi connectivity index (χ1n) is 5.75. The van der Waals surface area contributed by atoms with Gasteiger partial charge in [0, 0.05) is 6.42 Å². The average Bonchev–Trinajstić information content (AvgIpc) is 2.75. The summed E-state index contributed by atoms with van der Waals surface area (Å²) in [6.07, 6.45) is 7.02. The Balaban J connectivity index is 1.95. The number of rotatable bonds is 3. The van der Waals surface area contributed by atoms with Gasteiger partial charge in [-0.1, -0.05) is 12.2 Å². The molecule has 0 spiro atoms. The summed E-state index contributed by atoms with van der Waals surface area (Å²) in [6.45, 7) is 1.88. The SMILES string of the molecule is Cc1nc(Br)ccc1NC(=O)CC1C=CCC1. The maximum absolute atomic E-state index is 11.8. The standard InChI is InChI=1S/C13H15BrN2O/c1-9-11(6-7-12(14)15-9)16-13(17)8-10-4-2-3-5-10/h2,4,6-7,10H,3,5,8H2,1H3,(H,16,17). The van der Waals surface area contributed by atoms with E-state index in [9.17, 15) is 4.79 Å². The van der Waals surface area contributed by atoms with E-state index < -0.39 is 0 Å². The average molecular weight is 295 g/mol. The largest absolute Gasteiger partial charge is 0.324 e. The van der Waals surface area contributed by atoms with Crippen molar-refractivity contribution in [2.75, 3.05) is 5.32 Å². The number of carbonyl (C=O) groups excluding carboxylic acids is 1. The Morgan fingerprint density at radius 2 is 2.41 bits per heavy atom. The molecular formula is C13H15BrN2O. The van der Waals surface area contributed by atoms with Gasteiger partial charge >= 0.3 is 0 Å². The highest BCUT2D eigenvalue weighted by Crippen LogP contribution is 2.22. The van der Waals surface area contributed by atoms with Crippen LogP contribution < -0.4 is 5.32 Å². The van der Waals surface area contributed by atoms with Crippen LogP contribution in [0, 0.1) is 12.8 Å². The predicted octanol–water partition coefficient (Wildman–Crippen LogP) is 3.45. The number of hydrogen-bond acceptors (Lipinski definition) is 2. The maximum atomic E-state index is 11.8.